The highest BCUT2D eigenvalue weighted by Gasteiger charge is 2.58. The van der Waals surface area contributed by atoms with Crippen LogP contribution in [0.4, 0.5) is 21.3 Å². The first-order valence-corrected chi connectivity index (χ1v) is 19.2. The minimum Gasteiger partial charge on any atom is -0.476 e. The number of aromatic carboxylic acids is 1. The second-order valence-corrected chi connectivity index (χ2v) is 18.1. The Morgan fingerprint density at radius 2 is 1.78 bits per heavy atom. The molecule has 2 amide bonds. The molecule has 0 spiro atoms. The minimum atomic E-state index is -1.20. The summed E-state index contributed by atoms with van der Waals surface area (Å²) in [6.45, 7) is 12.8. The summed E-state index contributed by atoms with van der Waals surface area (Å²) in [6, 6.07) is 16.6. The number of urea groups is 1. The molecule has 2 aromatic heterocycles. The van der Waals surface area contributed by atoms with Crippen molar-refractivity contribution in [3.05, 3.63) is 71.6 Å². The van der Waals surface area contributed by atoms with Crippen LogP contribution in [0.2, 0.25) is 0 Å². The molecule has 0 saturated heterocycles. The van der Waals surface area contributed by atoms with E-state index >= 15 is 0 Å². The number of allylic oxidation sites excluding steroid dienone is 2. The molecule has 2 saturated carbocycles. The normalized spacial score (nSPS) is 25.1. The highest BCUT2D eigenvalue weighted by Crippen LogP contribution is 2.62. The van der Waals surface area contributed by atoms with Gasteiger partial charge in [0.1, 0.15) is 0 Å². The lowest BCUT2D eigenvalue weighted by Gasteiger charge is -2.60. The summed E-state index contributed by atoms with van der Waals surface area (Å²) in [5, 5.41) is 25.8. The number of carbonyl (C=O) groups excluding carboxylic acids is 1. The number of likely N-dealkylation sites (N-methyl/N-ethyl adjacent to an activating group) is 1. The number of benzene rings is 2. The molecule has 0 radical (unpaired) electrons. The lowest BCUT2D eigenvalue weighted by atomic mass is 9.48. The van der Waals surface area contributed by atoms with E-state index < -0.39 is 11.6 Å². The largest absolute Gasteiger partial charge is 0.476 e. The molecule has 7 rings (SSSR count). The average molecular weight is 751 g/mol. The number of hydrogen-bond donors (Lipinski definition) is 5. The Balaban J connectivity index is 1.15. The number of fused-ring (bicyclic) bond motifs is 4. The zero-order chi connectivity index (χ0) is 38.6. The highest BCUT2D eigenvalue weighted by molar-refractivity contribution is 7.22. The number of aromatic nitrogens is 2. The fourth-order valence-corrected chi connectivity index (χ4v) is 11.1. The van der Waals surface area contributed by atoms with Crippen LogP contribution in [-0.4, -0.2) is 65.6 Å². The van der Waals surface area contributed by atoms with E-state index in [4.69, 9.17) is 16.1 Å². The van der Waals surface area contributed by atoms with Gasteiger partial charge >= 0.3 is 12.0 Å². The van der Waals surface area contributed by atoms with E-state index in [9.17, 15) is 14.7 Å². The molecule has 2 bridgehead atoms. The molecular weight excluding hydrogens is 701 g/mol. The average Bonchev–Trinajstić information content (AvgIpc) is 3.52. The number of nitrogens with zero attached hydrogens (tertiary/aromatic N) is 4. The van der Waals surface area contributed by atoms with Gasteiger partial charge in [0.25, 0.3) is 0 Å². The maximum atomic E-state index is 13.6. The van der Waals surface area contributed by atoms with Gasteiger partial charge in [-0.25, -0.2) is 25.5 Å². The molecule has 12 nitrogen and oxygen atoms in total. The first kappa shape index (κ1) is 37.5. The highest BCUT2D eigenvalue weighted by atomic mass is 32.1. The minimum absolute atomic E-state index is 0.0807. The van der Waals surface area contributed by atoms with E-state index in [0.717, 1.165) is 48.0 Å². The molecule has 3 unspecified atom stereocenters. The number of nitrogens with one attached hydrogen (secondary N) is 3. The first-order chi connectivity index (χ1) is 25.5. The monoisotopic (exact) mass is 750 g/mol. The Bertz CT molecular complexity index is 2150. The van der Waals surface area contributed by atoms with Crippen molar-refractivity contribution in [2.75, 3.05) is 41.8 Å². The fraction of sp³-hybridized carbons (Fsp3) is 0.439. The quantitative estimate of drug-likeness (QED) is 0.0837. The standard InChI is InChI=1S/C41H50N8O4S/c1-25(44-24-40(5)21-39(4)19-38(2,3)20-41(22-39,23-40)53-43)28(18-42)27-12-13-29(45-34(27)35(50)51)26-11-14-31-32(17-26)49(16-15-48(31)6)37(52)47-36-46-30-9-7-8-10-33(30)54-36/h7-14,17-18,42,44H,15-16,19-24,43H2,1-6H3,(H,50,51)(H,46,47,52)/b28-25+,42-18?. The number of thiazole rings is 1. The number of pyridine rings is 1. The number of para-hydroxylation sites is 1. The van der Waals surface area contributed by atoms with Gasteiger partial charge in [-0.05, 0) is 91.7 Å². The van der Waals surface area contributed by atoms with Crippen molar-refractivity contribution in [3.8, 4) is 11.3 Å². The van der Waals surface area contributed by atoms with Gasteiger partial charge in [0.05, 0.1) is 32.9 Å². The number of nitrogens with two attached hydrogens (primary N) is 1. The molecule has 3 aliphatic rings. The Labute approximate surface area is 320 Å². The number of carboxylic acid groups (broad SMARTS) is 1. The van der Waals surface area contributed by atoms with Gasteiger partial charge in [-0.3, -0.25) is 15.1 Å². The van der Waals surface area contributed by atoms with Crippen LogP contribution in [-0.2, 0) is 4.84 Å². The van der Waals surface area contributed by atoms with Gasteiger partial charge in [0.2, 0.25) is 0 Å². The predicted molar refractivity (Wildman–Crippen MR) is 216 cm³/mol. The predicted octanol–water partition coefficient (Wildman–Crippen LogP) is 8.16. The molecule has 3 atom stereocenters. The Kier molecular flexibility index (Phi) is 9.56. The second-order valence-electron chi connectivity index (χ2n) is 17.1. The molecule has 4 aromatic rings. The van der Waals surface area contributed by atoms with Crippen molar-refractivity contribution in [3.63, 3.8) is 0 Å². The summed E-state index contributed by atoms with van der Waals surface area (Å²) in [6.07, 6.45) is 5.93. The van der Waals surface area contributed by atoms with Crippen LogP contribution in [0.25, 0.3) is 27.0 Å². The maximum Gasteiger partial charge on any atom is 0.355 e. The Morgan fingerprint density at radius 3 is 2.50 bits per heavy atom. The van der Waals surface area contributed by atoms with Crippen molar-refractivity contribution in [1.82, 2.24) is 15.3 Å². The van der Waals surface area contributed by atoms with E-state index in [0.29, 0.717) is 58.5 Å². The Hall–Kier alpha value is -4.85. The van der Waals surface area contributed by atoms with E-state index in [1.54, 1.807) is 17.0 Å². The van der Waals surface area contributed by atoms with Gasteiger partial charge in [0, 0.05) is 55.3 Å². The first-order valence-electron chi connectivity index (χ1n) is 18.4. The van der Waals surface area contributed by atoms with Gasteiger partial charge in [-0.1, -0.05) is 57.2 Å². The maximum absolute atomic E-state index is 13.6. The van der Waals surface area contributed by atoms with E-state index in [1.165, 1.54) is 17.6 Å². The smallest absolute Gasteiger partial charge is 0.355 e. The van der Waals surface area contributed by atoms with Crippen molar-refractivity contribution in [2.24, 2.45) is 22.1 Å². The summed E-state index contributed by atoms with van der Waals surface area (Å²) in [4.78, 5) is 45.2. The molecule has 54 heavy (non-hydrogen) atoms. The molecule has 2 aliphatic carbocycles. The number of carboxylic acids is 1. The summed E-state index contributed by atoms with van der Waals surface area (Å²) < 4.78 is 0.985. The summed E-state index contributed by atoms with van der Waals surface area (Å²) in [5.41, 5.74) is 4.51. The SMILES string of the molecule is C/C(NCC1(C)CC2(C)CC(C)(C)CC(ON)(C1)C2)=C(/C=N)c1ccc(-c2ccc3c(c2)N(C(=O)Nc2nc4ccccc4s2)CCN3C)nc1C(=O)O. The molecule has 284 valence electrons. The molecule has 1 aliphatic heterocycles. The lowest BCUT2D eigenvalue weighted by Crippen LogP contribution is -2.58. The van der Waals surface area contributed by atoms with E-state index in [2.05, 4.69) is 53.2 Å². The van der Waals surface area contributed by atoms with Crippen molar-refractivity contribution in [1.29, 1.82) is 5.41 Å². The topological polar surface area (TPSA) is 170 Å². The van der Waals surface area contributed by atoms with Gasteiger partial charge in [0.15, 0.2) is 10.8 Å². The molecule has 2 aromatic carbocycles. The fourth-order valence-electron chi connectivity index (χ4n) is 10.2. The van der Waals surface area contributed by atoms with Crippen molar-refractivity contribution >= 4 is 61.8 Å². The van der Waals surface area contributed by atoms with Gasteiger partial charge < -0.3 is 20.7 Å². The summed E-state index contributed by atoms with van der Waals surface area (Å²) in [7, 11) is 1.98. The lowest BCUT2D eigenvalue weighted by molar-refractivity contribution is -0.192. The molecular formula is C41H50N8O4S. The number of hydrogen-bond acceptors (Lipinski definition) is 10. The van der Waals surface area contributed by atoms with E-state index in [1.807, 2.05) is 56.4 Å². The van der Waals surface area contributed by atoms with Gasteiger partial charge in [-0.15, -0.1) is 0 Å². The summed E-state index contributed by atoms with van der Waals surface area (Å²) in [5.74, 6) is 4.80. The summed E-state index contributed by atoms with van der Waals surface area (Å²) >= 11 is 1.42. The number of carbonyl (C=O) groups is 2. The van der Waals surface area contributed by atoms with Gasteiger partial charge in [-0.2, -0.15) is 0 Å². The van der Waals surface area contributed by atoms with Crippen LogP contribution in [0.15, 0.2) is 60.3 Å². The number of rotatable bonds is 9. The zero-order valence-corrected chi connectivity index (χ0v) is 32.7. The number of anilines is 3. The third kappa shape index (κ3) is 7.19. The number of amides is 2. The van der Waals surface area contributed by atoms with Crippen LogP contribution in [0, 0.1) is 21.7 Å². The third-order valence-corrected chi connectivity index (χ3v) is 12.4. The molecule has 13 heteroatoms. The van der Waals surface area contributed by atoms with Crippen LogP contribution < -0.4 is 26.3 Å². The van der Waals surface area contributed by atoms with Crippen LogP contribution >= 0.6 is 11.3 Å². The zero-order valence-electron chi connectivity index (χ0n) is 31.9. The Morgan fingerprint density at radius 1 is 1.00 bits per heavy atom. The molecule has 3 heterocycles. The van der Waals surface area contributed by atoms with E-state index in [-0.39, 0.29) is 28.0 Å². The van der Waals surface area contributed by atoms with Crippen molar-refractivity contribution in [2.45, 2.75) is 72.3 Å². The van der Waals surface area contributed by atoms with Crippen molar-refractivity contribution < 1.29 is 19.5 Å². The second kappa shape index (κ2) is 13.8. The third-order valence-electron chi connectivity index (χ3n) is 11.4. The molecule has 6 N–H and O–H groups in total. The van der Waals surface area contributed by atoms with Crippen LogP contribution in [0.1, 0.15) is 82.8 Å². The van der Waals surface area contributed by atoms with Crippen LogP contribution in [0.3, 0.4) is 0 Å². The molecule has 2 fully saturated rings. The van der Waals surface area contributed by atoms with Crippen LogP contribution in [0.5, 0.6) is 0 Å².